The molecule has 0 aromatic heterocycles. The van der Waals surface area contributed by atoms with Crippen LogP contribution in [0.5, 0.6) is 0 Å². The molecule has 4 nitrogen and oxygen atoms in total. The number of carbonyl (C=O) groups is 1. The number of carboxylic acids is 1. The highest BCUT2D eigenvalue weighted by Gasteiger charge is 2.29. The van der Waals surface area contributed by atoms with E-state index in [2.05, 4.69) is 4.90 Å². The maximum atomic E-state index is 11.3. The van der Waals surface area contributed by atoms with Crippen LogP contribution in [0.3, 0.4) is 0 Å². The first kappa shape index (κ1) is 12.9. The highest BCUT2D eigenvalue weighted by molar-refractivity contribution is 5.94. The molecular weight excluding hydrogens is 230 g/mol. The lowest BCUT2D eigenvalue weighted by molar-refractivity contribution is -0.0277. The first-order valence-corrected chi connectivity index (χ1v) is 6.12. The van der Waals surface area contributed by atoms with Crippen LogP contribution in [0.15, 0.2) is 18.2 Å². The van der Waals surface area contributed by atoms with Crippen LogP contribution in [0.1, 0.15) is 29.8 Å². The van der Waals surface area contributed by atoms with E-state index in [1.54, 1.807) is 6.07 Å². The number of aryl methyl sites for hydroxylation is 1. The van der Waals surface area contributed by atoms with Crippen molar-refractivity contribution in [2.75, 3.05) is 24.6 Å². The highest BCUT2D eigenvalue weighted by atomic mass is 16.5. The summed E-state index contributed by atoms with van der Waals surface area (Å²) in [5, 5.41) is 9.29. The summed E-state index contributed by atoms with van der Waals surface area (Å²) < 4.78 is 5.65. The molecule has 1 aromatic rings. The van der Waals surface area contributed by atoms with Crippen LogP contribution in [-0.4, -0.2) is 36.4 Å². The van der Waals surface area contributed by atoms with Gasteiger partial charge in [-0.2, -0.15) is 0 Å². The molecule has 0 unspecified atom stereocenters. The van der Waals surface area contributed by atoms with Crippen molar-refractivity contribution in [3.05, 3.63) is 29.3 Å². The second-order valence-electron chi connectivity index (χ2n) is 5.36. The first-order chi connectivity index (χ1) is 8.39. The van der Waals surface area contributed by atoms with Crippen molar-refractivity contribution >= 4 is 11.7 Å². The van der Waals surface area contributed by atoms with Gasteiger partial charge in [0.25, 0.3) is 0 Å². The molecule has 0 radical (unpaired) electrons. The van der Waals surface area contributed by atoms with E-state index < -0.39 is 5.97 Å². The molecule has 0 atom stereocenters. The van der Waals surface area contributed by atoms with Crippen LogP contribution in [-0.2, 0) is 4.74 Å². The van der Waals surface area contributed by atoms with Gasteiger partial charge in [-0.1, -0.05) is 11.6 Å². The molecule has 1 heterocycles. The lowest BCUT2D eigenvalue weighted by atomic mass is 10.0. The Morgan fingerprint density at radius 3 is 2.78 bits per heavy atom. The molecule has 0 amide bonds. The van der Waals surface area contributed by atoms with Gasteiger partial charge in [0.2, 0.25) is 0 Å². The smallest absolute Gasteiger partial charge is 0.337 e. The molecule has 0 saturated carbocycles. The molecule has 4 heteroatoms. The Morgan fingerprint density at radius 2 is 2.17 bits per heavy atom. The van der Waals surface area contributed by atoms with E-state index in [1.807, 2.05) is 32.9 Å². The Bertz CT molecular complexity index is 468. The average molecular weight is 249 g/mol. The van der Waals surface area contributed by atoms with Gasteiger partial charge >= 0.3 is 5.97 Å². The standard InChI is InChI=1S/C14H19NO3/c1-10-4-5-12(11(8-10)13(16)17)15-6-7-18-14(2,3)9-15/h4-5,8H,6-7,9H2,1-3H3,(H,16,17). The van der Waals surface area contributed by atoms with Gasteiger partial charge in [0.15, 0.2) is 0 Å². The summed E-state index contributed by atoms with van der Waals surface area (Å²) in [4.78, 5) is 13.4. The summed E-state index contributed by atoms with van der Waals surface area (Å²) in [5.74, 6) is -0.877. The second kappa shape index (κ2) is 4.61. The fraction of sp³-hybridized carbons (Fsp3) is 0.500. The summed E-state index contributed by atoms with van der Waals surface area (Å²) >= 11 is 0. The Morgan fingerprint density at radius 1 is 1.44 bits per heavy atom. The third-order valence-electron chi connectivity index (χ3n) is 3.15. The Labute approximate surface area is 107 Å². The number of nitrogens with zero attached hydrogens (tertiary/aromatic N) is 1. The number of benzene rings is 1. The van der Waals surface area contributed by atoms with E-state index in [0.29, 0.717) is 18.7 Å². The van der Waals surface area contributed by atoms with Crippen molar-refractivity contribution in [1.82, 2.24) is 0 Å². The minimum atomic E-state index is -0.877. The van der Waals surface area contributed by atoms with E-state index >= 15 is 0 Å². The number of carboxylic acid groups (broad SMARTS) is 1. The van der Waals surface area contributed by atoms with Gasteiger partial charge in [-0.05, 0) is 32.9 Å². The number of ether oxygens (including phenoxy) is 1. The largest absolute Gasteiger partial charge is 0.478 e. The monoisotopic (exact) mass is 249 g/mol. The minimum Gasteiger partial charge on any atom is -0.478 e. The summed E-state index contributed by atoms with van der Waals surface area (Å²) in [6.07, 6.45) is 0. The molecule has 18 heavy (non-hydrogen) atoms. The zero-order valence-corrected chi connectivity index (χ0v) is 11.1. The lowest BCUT2D eigenvalue weighted by Gasteiger charge is -2.40. The summed E-state index contributed by atoms with van der Waals surface area (Å²) in [6.45, 7) is 8.00. The fourth-order valence-electron chi connectivity index (χ4n) is 2.32. The zero-order chi connectivity index (χ0) is 13.3. The molecule has 1 fully saturated rings. The molecular formula is C14H19NO3. The maximum Gasteiger partial charge on any atom is 0.337 e. The van der Waals surface area contributed by atoms with Crippen molar-refractivity contribution in [2.45, 2.75) is 26.4 Å². The third-order valence-corrected chi connectivity index (χ3v) is 3.15. The van der Waals surface area contributed by atoms with E-state index in [-0.39, 0.29) is 5.60 Å². The summed E-state index contributed by atoms with van der Waals surface area (Å²) in [5.41, 5.74) is 1.87. The predicted octanol–water partition coefficient (Wildman–Crippen LogP) is 2.31. The van der Waals surface area contributed by atoms with Crippen molar-refractivity contribution in [3.63, 3.8) is 0 Å². The van der Waals surface area contributed by atoms with Gasteiger partial charge in [0.1, 0.15) is 0 Å². The van der Waals surface area contributed by atoms with Gasteiger partial charge < -0.3 is 14.7 Å². The van der Waals surface area contributed by atoms with Gasteiger partial charge in [-0.15, -0.1) is 0 Å². The molecule has 1 aliphatic rings. The molecule has 1 aromatic carbocycles. The molecule has 1 aliphatic heterocycles. The normalized spacial score (nSPS) is 18.7. The molecule has 1 N–H and O–H groups in total. The highest BCUT2D eigenvalue weighted by Crippen LogP contribution is 2.27. The van der Waals surface area contributed by atoms with Gasteiger partial charge in [-0.3, -0.25) is 0 Å². The maximum absolute atomic E-state index is 11.3. The van der Waals surface area contributed by atoms with Crippen molar-refractivity contribution in [1.29, 1.82) is 0 Å². The topological polar surface area (TPSA) is 49.8 Å². The summed E-state index contributed by atoms with van der Waals surface area (Å²) in [6, 6.07) is 5.56. The number of morpholine rings is 1. The summed E-state index contributed by atoms with van der Waals surface area (Å²) in [7, 11) is 0. The first-order valence-electron chi connectivity index (χ1n) is 6.12. The molecule has 1 saturated heterocycles. The number of aromatic carboxylic acids is 1. The van der Waals surface area contributed by atoms with Gasteiger partial charge in [0, 0.05) is 13.1 Å². The van der Waals surface area contributed by atoms with E-state index in [1.165, 1.54) is 0 Å². The second-order valence-corrected chi connectivity index (χ2v) is 5.36. The number of hydrogen-bond donors (Lipinski definition) is 1. The molecule has 98 valence electrons. The Balaban J connectivity index is 2.35. The van der Waals surface area contributed by atoms with E-state index in [4.69, 9.17) is 4.74 Å². The predicted molar refractivity (Wildman–Crippen MR) is 70.4 cm³/mol. The Hall–Kier alpha value is -1.55. The van der Waals surface area contributed by atoms with Crippen LogP contribution in [0.25, 0.3) is 0 Å². The van der Waals surface area contributed by atoms with E-state index in [0.717, 1.165) is 17.8 Å². The average Bonchev–Trinajstić information content (AvgIpc) is 2.27. The van der Waals surface area contributed by atoms with Crippen molar-refractivity contribution < 1.29 is 14.6 Å². The van der Waals surface area contributed by atoms with Crippen molar-refractivity contribution in [3.8, 4) is 0 Å². The molecule has 0 bridgehead atoms. The van der Waals surface area contributed by atoms with Crippen LogP contribution < -0.4 is 4.90 Å². The quantitative estimate of drug-likeness (QED) is 0.873. The third kappa shape index (κ3) is 2.64. The molecule has 2 rings (SSSR count). The number of anilines is 1. The SMILES string of the molecule is Cc1ccc(N2CCOC(C)(C)C2)c(C(=O)O)c1. The van der Waals surface area contributed by atoms with Crippen molar-refractivity contribution in [2.24, 2.45) is 0 Å². The lowest BCUT2D eigenvalue weighted by Crippen LogP contribution is -2.48. The fourth-order valence-corrected chi connectivity index (χ4v) is 2.32. The van der Waals surface area contributed by atoms with Crippen LogP contribution in [0, 0.1) is 6.92 Å². The van der Waals surface area contributed by atoms with E-state index in [9.17, 15) is 9.90 Å². The Kier molecular flexibility index (Phi) is 3.30. The minimum absolute atomic E-state index is 0.237. The molecule has 0 spiro atoms. The number of rotatable bonds is 2. The molecule has 0 aliphatic carbocycles. The van der Waals surface area contributed by atoms with Gasteiger partial charge in [-0.25, -0.2) is 4.79 Å². The van der Waals surface area contributed by atoms with Crippen LogP contribution in [0.4, 0.5) is 5.69 Å². The van der Waals surface area contributed by atoms with Crippen LogP contribution >= 0.6 is 0 Å². The van der Waals surface area contributed by atoms with Gasteiger partial charge in [0.05, 0.1) is 23.5 Å². The number of hydrogen-bond acceptors (Lipinski definition) is 3. The zero-order valence-electron chi connectivity index (χ0n) is 11.1. The van der Waals surface area contributed by atoms with Crippen LogP contribution in [0.2, 0.25) is 0 Å².